The Morgan fingerprint density at radius 3 is 2.89 bits per heavy atom. The van der Waals surface area contributed by atoms with Gasteiger partial charge in [0.1, 0.15) is 0 Å². The Bertz CT molecular complexity index is 522. The van der Waals surface area contributed by atoms with Gasteiger partial charge in [-0.1, -0.05) is 12.1 Å². The van der Waals surface area contributed by atoms with Gasteiger partial charge in [0.05, 0.1) is 6.61 Å². The van der Waals surface area contributed by atoms with Crippen molar-refractivity contribution in [2.24, 2.45) is 0 Å². The molecular weight excluding hydrogens is 248 g/mol. The van der Waals surface area contributed by atoms with E-state index in [-0.39, 0.29) is 19.3 Å². The van der Waals surface area contributed by atoms with Crippen molar-refractivity contribution in [3.8, 4) is 11.5 Å². The van der Waals surface area contributed by atoms with Crippen LogP contribution in [0.25, 0.3) is 0 Å². The lowest BCUT2D eigenvalue weighted by molar-refractivity contribution is 0.174. The summed E-state index contributed by atoms with van der Waals surface area (Å²) < 4.78 is 10.7. The van der Waals surface area contributed by atoms with E-state index in [2.05, 4.69) is 11.4 Å². The first-order valence-corrected chi connectivity index (χ1v) is 6.77. The van der Waals surface area contributed by atoms with Crippen LogP contribution in [0.5, 0.6) is 11.5 Å². The van der Waals surface area contributed by atoms with Crippen molar-refractivity contribution in [3.63, 3.8) is 0 Å². The predicted octanol–water partition coefficient (Wildman–Crippen LogP) is 2.80. The largest absolute Gasteiger partial charge is 0.454 e. The summed E-state index contributed by atoms with van der Waals surface area (Å²) in [6.07, 6.45) is 0.855. The number of hydrogen-bond acceptors (Lipinski definition) is 4. The number of benzene rings is 1. The number of rotatable bonds is 4. The molecule has 0 amide bonds. The standard InChI is InChI=1S/C14H14O3S/c15-8-11(6-12-2-1-5-18-12)10-3-4-13-14(7-10)17-9-16-13/h1-5,7,11,15H,6,8-9H2. The molecule has 0 radical (unpaired) electrons. The maximum atomic E-state index is 9.56. The highest BCUT2D eigenvalue weighted by atomic mass is 32.1. The molecule has 94 valence electrons. The Labute approximate surface area is 110 Å². The lowest BCUT2D eigenvalue weighted by Gasteiger charge is -2.14. The third-order valence-corrected chi connectivity index (χ3v) is 4.01. The second-order valence-electron chi connectivity index (χ2n) is 4.28. The van der Waals surface area contributed by atoms with E-state index in [0.29, 0.717) is 0 Å². The van der Waals surface area contributed by atoms with E-state index < -0.39 is 0 Å². The van der Waals surface area contributed by atoms with Gasteiger partial charge in [-0.3, -0.25) is 0 Å². The molecule has 0 bridgehead atoms. The van der Waals surface area contributed by atoms with E-state index in [1.165, 1.54) is 4.88 Å². The van der Waals surface area contributed by atoms with Crippen molar-refractivity contribution in [1.82, 2.24) is 0 Å². The van der Waals surface area contributed by atoms with Gasteiger partial charge in [-0.05, 0) is 35.6 Å². The second kappa shape index (κ2) is 5.00. The Balaban J connectivity index is 1.83. The molecule has 3 nitrogen and oxygen atoms in total. The quantitative estimate of drug-likeness (QED) is 0.920. The van der Waals surface area contributed by atoms with Crippen LogP contribution in [0.2, 0.25) is 0 Å². The predicted molar refractivity (Wildman–Crippen MR) is 70.4 cm³/mol. The highest BCUT2D eigenvalue weighted by Gasteiger charge is 2.18. The third kappa shape index (κ3) is 2.21. The third-order valence-electron chi connectivity index (χ3n) is 3.12. The van der Waals surface area contributed by atoms with Gasteiger partial charge >= 0.3 is 0 Å². The molecule has 1 atom stereocenters. The lowest BCUT2D eigenvalue weighted by Crippen LogP contribution is -2.06. The average molecular weight is 262 g/mol. The average Bonchev–Trinajstić information content (AvgIpc) is 3.06. The fraction of sp³-hybridized carbons (Fsp3) is 0.286. The number of hydrogen-bond donors (Lipinski definition) is 1. The molecule has 4 heteroatoms. The van der Waals surface area contributed by atoms with Gasteiger partial charge in [0.25, 0.3) is 0 Å². The van der Waals surface area contributed by atoms with Crippen molar-refractivity contribution in [2.45, 2.75) is 12.3 Å². The molecule has 0 aliphatic carbocycles. The molecule has 18 heavy (non-hydrogen) atoms. The maximum absolute atomic E-state index is 9.56. The monoisotopic (exact) mass is 262 g/mol. The molecule has 0 spiro atoms. The summed E-state index contributed by atoms with van der Waals surface area (Å²) >= 11 is 1.72. The Hall–Kier alpha value is -1.52. The first kappa shape index (κ1) is 11.6. The molecule has 1 aromatic carbocycles. The van der Waals surface area contributed by atoms with E-state index in [1.54, 1.807) is 11.3 Å². The maximum Gasteiger partial charge on any atom is 0.231 e. The minimum Gasteiger partial charge on any atom is -0.454 e. The van der Waals surface area contributed by atoms with Gasteiger partial charge in [-0.15, -0.1) is 11.3 Å². The van der Waals surface area contributed by atoms with Crippen molar-refractivity contribution in [2.75, 3.05) is 13.4 Å². The molecule has 1 aliphatic rings. The van der Waals surface area contributed by atoms with E-state index >= 15 is 0 Å². The first-order chi connectivity index (χ1) is 8.86. The van der Waals surface area contributed by atoms with Crippen LogP contribution in [-0.4, -0.2) is 18.5 Å². The van der Waals surface area contributed by atoms with Crippen LogP contribution >= 0.6 is 11.3 Å². The summed E-state index contributed by atoms with van der Waals surface area (Å²) in [6.45, 7) is 0.422. The topological polar surface area (TPSA) is 38.7 Å². The number of ether oxygens (including phenoxy) is 2. The summed E-state index contributed by atoms with van der Waals surface area (Å²) in [5.74, 6) is 1.67. The van der Waals surface area contributed by atoms with Gasteiger partial charge in [-0.25, -0.2) is 0 Å². The minimum absolute atomic E-state index is 0.109. The molecule has 2 heterocycles. The van der Waals surface area contributed by atoms with Crippen molar-refractivity contribution < 1.29 is 14.6 Å². The zero-order valence-corrected chi connectivity index (χ0v) is 10.7. The lowest BCUT2D eigenvalue weighted by atomic mass is 9.95. The minimum atomic E-state index is 0.109. The number of fused-ring (bicyclic) bond motifs is 1. The highest BCUT2D eigenvalue weighted by molar-refractivity contribution is 7.09. The van der Waals surface area contributed by atoms with E-state index in [9.17, 15) is 5.11 Å². The normalized spacial score (nSPS) is 14.7. The van der Waals surface area contributed by atoms with Crippen LogP contribution in [0.15, 0.2) is 35.7 Å². The molecule has 1 aliphatic heterocycles. The van der Waals surface area contributed by atoms with Crippen molar-refractivity contribution in [3.05, 3.63) is 46.2 Å². The van der Waals surface area contributed by atoms with E-state index in [4.69, 9.17) is 9.47 Å². The molecule has 3 rings (SSSR count). The number of aliphatic hydroxyl groups excluding tert-OH is 1. The Kier molecular flexibility index (Phi) is 3.21. The summed E-state index contributed by atoms with van der Waals surface area (Å²) in [7, 11) is 0. The molecular formula is C14H14O3S. The smallest absolute Gasteiger partial charge is 0.231 e. The highest BCUT2D eigenvalue weighted by Crippen LogP contribution is 2.35. The fourth-order valence-corrected chi connectivity index (χ4v) is 2.91. The van der Waals surface area contributed by atoms with E-state index in [0.717, 1.165) is 23.5 Å². The Morgan fingerprint density at radius 2 is 2.11 bits per heavy atom. The first-order valence-electron chi connectivity index (χ1n) is 5.89. The SMILES string of the molecule is OCC(Cc1cccs1)c1ccc2c(c1)OCO2. The molecule has 0 saturated heterocycles. The van der Waals surface area contributed by atoms with Crippen LogP contribution in [0.3, 0.4) is 0 Å². The summed E-state index contributed by atoms with van der Waals surface area (Å²) in [5, 5.41) is 11.6. The second-order valence-corrected chi connectivity index (χ2v) is 5.31. The van der Waals surface area contributed by atoms with Crippen LogP contribution < -0.4 is 9.47 Å². The van der Waals surface area contributed by atoms with Crippen LogP contribution in [0, 0.1) is 0 Å². The molecule has 2 aromatic rings. The summed E-state index contributed by atoms with van der Waals surface area (Å²) in [6, 6.07) is 10.0. The molecule has 1 N–H and O–H groups in total. The zero-order chi connectivity index (χ0) is 12.4. The summed E-state index contributed by atoms with van der Waals surface area (Å²) in [4.78, 5) is 1.28. The van der Waals surface area contributed by atoms with Crippen LogP contribution in [0.4, 0.5) is 0 Å². The van der Waals surface area contributed by atoms with E-state index in [1.807, 2.05) is 24.3 Å². The number of aliphatic hydroxyl groups is 1. The molecule has 1 aromatic heterocycles. The van der Waals surface area contributed by atoms with Crippen LogP contribution in [0.1, 0.15) is 16.4 Å². The van der Waals surface area contributed by atoms with Gasteiger partial charge in [0, 0.05) is 10.8 Å². The zero-order valence-electron chi connectivity index (χ0n) is 9.83. The summed E-state index contributed by atoms with van der Waals surface area (Å²) in [5.41, 5.74) is 1.09. The van der Waals surface area contributed by atoms with Gasteiger partial charge < -0.3 is 14.6 Å². The van der Waals surface area contributed by atoms with Gasteiger partial charge in [0.15, 0.2) is 11.5 Å². The molecule has 0 fully saturated rings. The molecule has 1 unspecified atom stereocenters. The van der Waals surface area contributed by atoms with Crippen molar-refractivity contribution >= 4 is 11.3 Å². The Morgan fingerprint density at radius 1 is 1.22 bits per heavy atom. The van der Waals surface area contributed by atoms with Crippen LogP contribution in [-0.2, 0) is 6.42 Å². The van der Waals surface area contributed by atoms with Gasteiger partial charge in [0.2, 0.25) is 6.79 Å². The fourth-order valence-electron chi connectivity index (χ4n) is 2.13. The number of thiophene rings is 1. The van der Waals surface area contributed by atoms with Crippen molar-refractivity contribution in [1.29, 1.82) is 0 Å². The molecule has 0 saturated carbocycles. The van der Waals surface area contributed by atoms with Gasteiger partial charge in [-0.2, -0.15) is 0 Å².